The fraction of sp³-hybridized carbons (Fsp3) is 0.389. The summed E-state index contributed by atoms with van der Waals surface area (Å²) in [5, 5.41) is 17.3. The molecule has 10 nitrogen and oxygen atoms in total. The molecular weight excluding hydrogens is 430 g/mol. The molecule has 4 N–H and O–H groups in total. The average Bonchev–Trinajstić information content (AvgIpc) is 3.15. The van der Waals surface area contributed by atoms with Gasteiger partial charge in [0.1, 0.15) is 29.9 Å². The van der Waals surface area contributed by atoms with Crippen molar-refractivity contribution in [2.24, 2.45) is 5.16 Å². The Labute approximate surface area is 180 Å². The number of nitrogens with two attached hydrogens (primary N) is 1. The van der Waals surface area contributed by atoms with Crippen molar-refractivity contribution in [2.45, 2.75) is 31.2 Å². The molecule has 0 saturated carbocycles. The largest absolute Gasteiger partial charge is 0.477 e. The number of oxime groups is 1. The normalized spacial score (nSPS) is 21.5. The van der Waals surface area contributed by atoms with Gasteiger partial charge < -0.3 is 21.0 Å². The number of thiazole rings is 1. The molecule has 0 spiro atoms. The zero-order valence-corrected chi connectivity index (χ0v) is 18.0. The van der Waals surface area contributed by atoms with Crippen LogP contribution in [0.4, 0.5) is 5.13 Å². The SMILES string of the molecule is CCC/C=C\C1=C(C(=O)O)N2C(=O)[C@@H](NC(=O)/C(=N\OC)c3csc(N)n3)[C@H]2SC1. The predicted molar refractivity (Wildman–Crippen MR) is 114 cm³/mol. The zero-order chi connectivity index (χ0) is 21.8. The molecule has 1 aromatic heterocycles. The van der Waals surface area contributed by atoms with Gasteiger partial charge >= 0.3 is 5.97 Å². The summed E-state index contributed by atoms with van der Waals surface area (Å²) >= 11 is 2.53. The van der Waals surface area contributed by atoms with Gasteiger partial charge in [-0.2, -0.15) is 0 Å². The number of nitrogen functional groups attached to an aromatic ring is 1. The molecule has 30 heavy (non-hydrogen) atoms. The summed E-state index contributed by atoms with van der Waals surface area (Å²) in [4.78, 5) is 47.2. The predicted octanol–water partition coefficient (Wildman–Crippen LogP) is 1.17. The van der Waals surface area contributed by atoms with Gasteiger partial charge in [-0.25, -0.2) is 9.78 Å². The summed E-state index contributed by atoms with van der Waals surface area (Å²) in [6.07, 6.45) is 5.41. The van der Waals surface area contributed by atoms with Crippen molar-refractivity contribution in [3.8, 4) is 0 Å². The van der Waals surface area contributed by atoms with Crippen LogP contribution in [0.25, 0.3) is 0 Å². The van der Waals surface area contributed by atoms with E-state index < -0.39 is 29.2 Å². The lowest BCUT2D eigenvalue weighted by Crippen LogP contribution is -2.71. The molecule has 3 rings (SSSR count). The molecule has 2 amide bonds. The number of hydrogen-bond acceptors (Lipinski definition) is 9. The number of fused-ring (bicyclic) bond motifs is 1. The Kier molecular flexibility index (Phi) is 6.77. The third kappa shape index (κ3) is 4.19. The fourth-order valence-electron chi connectivity index (χ4n) is 3.07. The maximum atomic E-state index is 12.7. The van der Waals surface area contributed by atoms with Crippen molar-refractivity contribution in [3.05, 3.63) is 34.5 Å². The second-order valence-corrected chi connectivity index (χ2v) is 8.42. The Balaban J connectivity index is 1.78. The third-order valence-corrected chi connectivity index (χ3v) is 6.40. The molecule has 1 aromatic rings. The number of thioether (sulfide) groups is 1. The number of carboxylic acids is 1. The first-order chi connectivity index (χ1) is 14.4. The fourth-order valence-corrected chi connectivity index (χ4v) is 4.93. The summed E-state index contributed by atoms with van der Waals surface area (Å²) < 4.78 is 0. The highest BCUT2D eigenvalue weighted by Crippen LogP contribution is 2.40. The highest BCUT2D eigenvalue weighted by molar-refractivity contribution is 8.00. The van der Waals surface area contributed by atoms with Crippen LogP contribution in [0.2, 0.25) is 0 Å². The van der Waals surface area contributed by atoms with Crippen molar-refractivity contribution in [1.29, 1.82) is 0 Å². The van der Waals surface area contributed by atoms with E-state index in [1.165, 1.54) is 23.8 Å². The monoisotopic (exact) mass is 451 g/mol. The Morgan fingerprint density at radius 1 is 1.53 bits per heavy atom. The van der Waals surface area contributed by atoms with Gasteiger partial charge in [-0.3, -0.25) is 14.5 Å². The number of amides is 2. The number of carbonyl (C=O) groups is 3. The first kappa shape index (κ1) is 21.8. The Morgan fingerprint density at radius 2 is 2.30 bits per heavy atom. The molecule has 2 aliphatic rings. The van der Waals surface area contributed by atoms with Crippen molar-refractivity contribution >= 4 is 51.7 Å². The summed E-state index contributed by atoms with van der Waals surface area (Å²) in [6, 6.07) is -0.879. The van der Waals surface area contributed by atoms with Gasteiger partial charge in [0.15, 0.2) is 10.8 Å². The Hall–Kier alpha value is -2.86. The molecule has 1 saturated heterocycles. The Bertz CT molecular complexity index is 955. The summed E-state index contributed by atoms with van der Waals surface area (Å²) in [6.45, 7) is 2.02. The van der Waals surface area contributed by atoms with Crippen molar-refractivity contribution in [3.63, 3.8) is 0 Å². The first-order valence-corrected chi connectivity index (χ1v) is 11.0. The average molecular weight is 452 g/mol. The van der Waals surface area contributed by atoms with Crippen LogP contribution in [-0.4, -0.2) is 62.8 Å². The molecule has 1 fully saturated rings. The van der Waals surface area contributed by atoms with E-state index in [0.29, 0.717) is 11.3 Å². The molecule has 0 aliphatic carbocycles. The lowest BCUT2D eigenvalue weighted by molar-refractivity contribution is -0.150. The smallest absolute Gasteiger partial charge is 0.352 e. The molecule has 0 bridgehead atoms. The number of unbranched alkanes of at least 4 members (excludes halogenated alkanes) is 1. The van der Waals surface area contributed by atoms with Gasteiger partial charge in [0.05, 0.1) is 0 Å². The van der Waals surface area contributed by atoms with Gasteiger partial charge in [0.2, 0.25) is 0 Å². The molecule has 160 valence electrons. The quantitative estimate of drug-likeness (QED) is 0.303. The van der Waals surface area contributed by atoms with Crippen LogP contribution in [0, 0.1) is 0 Å². The first-order valence-electron chi connectivity index (χ1n) is 9.10. The van der Waals surface area contributed by atoms with Crippen LogP contribution < -0.4 is 11.1 Å². The molecule has 0 radical (unpaired) electrons. The van der Waals surface area contributed by atoms with E-state index in [9.17, 15) is 19.5 Å². The van der Waals surface area contributed by atoms with Crippen LogP contribution in [-0.2, 0) is 19.2 Å². The number of carboxylic acid groups (broad SMARTS) is 1. The van der Waals surface area contributed by atoms with E-state index in [4.69, 9.17) is 10.6 Å². The maximum absolute atomic E-state index is 12.7. The number of nitrogens with one attached hydrogen (secondary N) is 1. The molecule has 2 aliphatic heterocycles. The summed E-state index contributed by atoms with van der Waals surface area (Å²) in [5.41, 5.74) is 6.26. The van der Waals surface area contributed by atoms with Gasteiger partial charge in [-0.15, -0.1) is 23.1 Å². The number of aromatic nitrogens is 1. The molecule has 0 unspecified atom stereocenters. The maximum Gasteiger partial charge on any atom is 0.352 e. The highest BCUT2D eigenvalue weighted by atomic mass is 32.2. The molecular formula is C18H21N5O5S2. The zero-order valence-electron chi connectivity index (χ0n) is 16.3. The van der Waals surface area contributed by atoms with Crippen molar-refractivity contribution in [2.75, 3.05) is 18.6 Å². The number of allylic oxidation sites excluding steroid dienone is 2. The lowest BCUT2D eigenvalue weighted by atomic mass is 10.0. The van der Waals surface area contributed by atoms with Crippen LogP contribution in [0.1, 0.15) is 25.5 Å². The topological polar surface area (TPSA) is 147 Å². The minimum absolute atomic E-state index is 0.0420. The number of nitrogens with zero attached hydrogens (tertiary/aromatic N) is 3. The van der Waals surface area contributed by atoms with E-state index >= 15 is 0 Å². The number of carbonyl (C=O) groups excluding carboxylic acids is 2. The minimum atomic E-state index is -1.17. The number of β-lactam (4-membered cyclic amide) rings is 1. The van der Waals surface area contributed by atoms with Crippen LogP contribution in [0.3, 0.4) is 0 Å². The van der Waals surface area contributed by atoms with Crippen molar-refractivity contribution in [1.82, 2.24) is 15.2 Å². The van der Waals surface area contributed by atoms with Crippen LogP contribution in [0.5, 0.6) is 0 Å². The number of aliphatic carboxylic acids is 1. The second-order valence-electron chi connectivity index (χ2n) is 6.42. The van der Waals surface area contributed by atoms with Gasteiger partial charge in [-0.05, 0) is 12.0 Å². The lowest BCUT2D eigenvalue weighted by Gasteiger charge is -2.49. The second kappa shape index (κ2) is 9.30. The van der Waals surface area contributed by atoms with Gasteiger partial charge in [0.25, 0.3) is 11.8 Å². The van der Waals surface area contributed by atoms with Crippen LogP contribution >= 0.6 is 23.1 Å². The van der Waals surface area contributed by atoms with E-state index in [1.54, 1.807) is 11.5 Å². The van der Waals surface area contributed by atoms with E-state index in [2.05, 4.69) is 15.5 Å². The van der Waals surface area contributed by atoms with Crippen LogP contribution in [0.15, 0.2) is 34.0 Å². The molecule has 3 heterocycles. The number of rotatable bonds is 8. The van der Waals surface area contributed by atoms with Crippen molar-refractivity contribution < 1.29 is 24.3 Å². The molecule has 0 aromatic carbocycles. The van der Waals surface area contributed by atoms with Gasteiger partial charge in [0, 0.05) is 11.1 Å². The summed E-state index contributed by atoms with van der Waals surface area (Å²) in [7, 11) is 1.29. The minimum Gasteiger partial charge on any atom is -0.477 e. The van der Waals surface area contributed by atoms with E-state index in [-0.39, 0.29) is 22.2 Å². The molecule has 12 heteroatoms. The standard InChI is InChI=1S/C18H21N5O5S2/c1-3-4-5-6-9-7-29-16-12(15(25)23(16)13(9)17(26)27)21-14(24)11(22-28-2)10-8-30-18(19)20-10/h5-6,8,12,16H,3-4,7H2,1-2H3,(H2,19,20)(H,21,24)(H,26,27)/b6-5-,22-11-/t12-,16-/m1/s1. The number of hydrogen-bond donors (Lipinski definition) is 3. The van der Waals surface area contributed by atoms with Gasteiger partial charge in [-0.1, -0.05) is 30.7 Å². The van der Waals surface area contributed by atoms with E-state index in [1.807, 2.05) is 13.0 Å². The molecule has 2 atom stereocenters. The Morgan fingerprint density at radius 3 is 2.90 bits per heavy atom. The third-order valence-electron chi connectivity index (χ3n) is 4.42. The highest BCUT2D eigenvalue weighted by Gasteiger charge is 2.54. The number of anilines is 1. The van der Waals surface area contributed by atoms with E-state index in [0.717, 1.165) is 24.2 Å². The summed E-state index contributed by atoms with van der Waals surface area (Å²) in [5.74, 6) is -1.90.